The van der Waals surface area contributed by atoms with E-state index in [0.717, 1.165) is 35.1 Å². The molecule has 0 bridgehead atoms. The number of aromatic nitrogens is 2. The topological polar surface area (TPSA) is 55.0 Å². The van der Waals surface area contributed by atoms with Gasteiger partial charge in [-0.25, -0.2) is 0 Å². The van der Waals surface area contributed by atoms with Crippen LogP contribution in [0.15, 0.2) is 29.0 Å². The van der Waals surface area contributed by atoms with Crippen LogP contribution in [-0.2, 0) is 0 Å². The largest absolute Gasteiger partial charge is 0.369 e. The summed E-state index contributed by atoms with van der Waals surface area (Å²) < 4.78 is 0.961. The van der Waals surface area contributed by atoms with E-state index in [1.165, 1.54) is 18.5 Å². The average molecular weight is 321 g/mol. The van der Waals surface area contributed by atoms with Gasteiger partial charge in [-0.3, -0.25) is 9.97 Å². The molecule has 0 amide bonds. The van der Waals surface area contributed by atoms with E-state index in [-0.39, 0.29) is 0 Å². The Morgan fingerprint density at radius 1 is 1.42 bits per heavy atom. The molecule has 0 spiro atoms. The fourth-order valence-electron chi connectivity index (χ4n) is 2.72. The smallest absolute Gasteiger partial charge is 0.112 e. The van der Waals surface area contributed by atoms with Crippen LogP contribution in [0.4, 0.5) is 5.69 Å². The van der Waals surface area contributed by atoms with Crippen molar-refractivity contribution in [2.45, 2.75) is 12.8 Å². The van der Waals surface area contributed by atoms with Gasteiger partial charge in [-0.15, -0.1) is 0 Å². The van der Waals surface area contributed by atoms with Crippen molar-refractivity contribution in [2.75, 3.05) is 24.5 Å². The Morgan fingerprint density at radius 2 is 2.32 bits per heavy atom. The molecule has 4 nitrogen and oxygen atoms in total. The molecule has 1 atom stereocenters. The molecule has 3 heterocycles. The molecule has 5 heteroatoms. The molecule has 100 valence electrons. The Morgan fingerprint density at radius 3 is 3.16 bits per heavy atom. The third-order valence-electron chi connectivity index (χ3n) is 3.72. The van der Waals surface area contributed by atoms with Crippen molar-refractivity contribution in [2.24, 2.45) is 11.7 Å². The van der Waals surface area contributed by atoms with Gasteiger partial charge in [0.15, 0.2) is 0 Å². The Kier molecular flexibility index (Phi) is 3.66. The number of fused-ring (bicyclic) bond motifs is 1. The predicted octanol–water partition coefficient (Wildman–Crippen LogP) is 2.57. The molecule has 19 heavy (non-hydrogen) atoms. The number of halogens is 1. The summed E-state index contributed by atoms with van der Waals surface area (Å²) in [6.45, 7) is 2.86. The van der Waals surface area contributed by atoms with E-state index >= 15 is 0 Å². The van der Waals surface area contributed by atoms with Crippen LogP contribution in [0.1, 0.15) is 12.8 Å². The molecule has 1 saturated heterocycles. The van der Waals surface area contributed by atoms with Crippen LogP contribution in [0, 0.1) is 5.92 Å². The zero-order valence-corrected chi connectivity index (χ0v) is 12.3. The van der Waals surface area contributed by atoms with Gasteiger partial charge in [0.25, 0.3) is 0 Å². The van der Waals surface area contributed by atoms with Gasteiger partial charge < -0.3 is 10.6 Å². The first-order valence-corrected chi connectivity index (χ1v) is 7.42. The number of nitrogens with zero attached hydrogens (tertiary/aromatic N) is 3. The van der Waals surface area contributed by atoms with Gasteiger partial charge in [-0.1, -0.05) is 0 Å². The lowest BCUT2D eigenvalue weighted by molar-refractivity contribution is 0.424. The van der Waals surface area contributed by atoms with Crippen LogP contribution in [0.5, 0.6) is 0 Å². The van der Waals surface area contributed by atoms with Crippen LogP contribution < -0.4 is 10.6 Å². The van der Waals surface area contributed by atoms with Gasteiger partial charge in [0.1, 0.15) is 5.52 Å². The Labute approximate surface area is 121 Å². The van der Waals surface area contributed by atoms with Crippen LogP contribution in [0.25, 0.3) is 11.0 Å². The van der Waals surface area contributed by atoms with Crippen molar-refractivity contribution in [3.8, 4) is 0 Å². The second-order valence-electron chi connectivity index (χ2n) is 5.04. The number of rotatable bonds is 2. The summed E-state index contributed by atoms with van der Waals surface area (Å²) in [6, 6.07) is 4.07. The molecule has 2 aromatic rings. The van der Waals surface area contributed by atoms with Gasteiger partial charge in [0, 0.05) is 30.0 Å². The third kappa shape index (κ3) is 2.58. The van der Waals surface area contributed by atoms with Crippen LogP contribution >= 0.6 is 15.9 Å². The van der Waals surface area contributed by atoms with E-state index in [0.29, 0.717) is 5.92 Å². The molecule has 1 unspecified atom stereocenters. The Balaban J connectivity index is 2.00. The SMILES string of the molecule is NCC1CCCN(c2ccnc3cc(Br)cnc23)C1. The molecule has 2 N–H and O–H groups in total. The average Bonchev–Trinajstić information content (AvgIpc) is 2.46. The van der Waals surface area contributed by atoms with E-state index in [9.17, 15) is 0 Å². The summed E-state index contributed by atoms with van der Waals surface area (Å²) in [7, 11) is 0. The van der Waals surface area contributed by atoms with Gasteiger partial charge >= 0.3 is 0 Å². The minimum Gasteiger partial charge on any atom is -0.369 e. The zero-order valence-electron chi connectivity index (χ0n) is 10.7. The summed E-state index contributed by atoms with van der Waals surface area (Å²) >= 11 is 3.44. The summed E-state index contributed by atoms with van der Waals surface area (Å²) in [5.74, 6) is 0.590. The summed E-state index contributed by atoms with van der Waals surface area (Å²) in [5, 5.41) is 0. The first-order chi connectivity index (χ1) is 9.28. The monoisotopic (exact) mass is 320 g/mol. The normalized spacial score (nSPS) is 19.9. The van der Waals surface area contributed by atoms with E-state index in [2.05, 4.69) is 36.9 Å². The maximum Gasteiger partial charge on any atom is 0.112 e. The van der Waals surface area contributed by atoms with Crippen molar-refractivity contribution >= 4 is 32.7 Å². The highest BCUT2D eigenvalue weighted by Gasteiger charge is 2.20. The van der Waals surface area contributed by atoms with Crippen molar-refractivity contribution in [1.82, 2.24) is 9.97 Å². The van der Waals surface area contributed by atoms with Gasteiger partial charge in [0.2, 0.25) is 0 Å². The van der Waals surface area contributed by atoms with E-state index in [1.807, 2.05) is 18.5 Å². The lowest BCUT2D eigenvalue weighted by Gasteiger charge is -2.34. The highest BCUT2D eigenvalue weighted by Crippen LogP contribution is 2.28. The number of hydrogen-bond donors (Lipinski definition) is 1. The number of pyridine rings is 2. The van der Waals surface area contributed by atoms with Gasteiger partial charge in [0.05, 0.1) is 11.2 Å². The fraction of sp³-hybridized carbons (Fsp3) is 0.429. The first-order valence-electron chi connectivity index (χ1n) is 6.63. The van der Waals surface area contributed by atoms with Crippen molar-refractivity contribution in [1.29, 1.82) is 0 Å². The zero-order chi connectivity index (χ0) is 13.2. The molecular weight excluding hydrogens is 304 g/mol. The molecule has 0 aromatic carbocycles. The van der Waals surface area contributed by atoms with E-state index in [4.69, 9.17) is 5.73 Å². The van der Waals surface area contributed by atoms with Crippen LogP contribution in [0.3, 0.4) is 0 Å². The molecule has 1 aliphatic rings. The quantitative estimate of drug-likeness (QED) is 0.924. The van der Waals surface area contributed by atoms with Crippen molar-refractivity contribution in [3.05, 3.63) is 29.0 Å². The number of nitrogens with two attached hydrogens (primary N) is 1. The van der Waals surface area contributed by atoms with E-state index in [1.54, 1.807) is 0 Å². The molecular formula is C14H17BrN4. The predicted molar refractivity (Wildman–Crippen MR) is 81.2 cm³/mol. The maximum absolute atomic E-state index is 5.82. The van der Waals surface area contributed by atoms with E-state index < -0.39 is 0 Å². The number of hydrogen-bond acceptors (Lipinski definition) is 4. The van der Waals surface area contributed by atoms with Gasteiger partial charge in [-0.05, 0) is 53.4 Å². The van der Waals surface area contributed by atoms with Crippen LogP contribution in [0.2, 0.25) is 0 Å². The molecule has 0 saturated carbocycles. The Hall–Kier alpha value is -1.20. The highest BCUT2D eigenvalue weighted by atomic mass is 79.9. The Bertz CT molecular complexity index is 587. The molecule has 2 aromatic heterocycles. The maximum atomic E-state index is 5.82. The lowest BCUT2D eigenvalue weighted by Crippen LogP contribution is -2.38. The minimum absolute atomic E-state index is 0.590. The molecule has 0 aliphatic carbocycles. The fourth-order valence-corrected chi connectivity index (χ4v) is 3.04. The second kappa shape index (κ2) is 5.43. The van der Waals surface area contributed by atoms with Crippen molar-refractivity contribution in [3.63, 3.8) is 0 Å². The first kappa shape index (κ1) is 12.8. The third-order valence-corrected chi connectivity index (χ3v) is 4.15. The number of piperidine rings is 1. The lowest BCUT2D eigenvalue weighted by atomic mass is 9.98. The standard InChI is InChI=1S/C14H17BrN4/c15-11-6-12-14(18-8-11)13(3-4-17-12)19-5-1-2-10(7-16)9-19/h3-4,6,8,10H,1-2,5,7,9,16H2. The molecule has 1 aliphatic heterocycles. The molecule has 0 radical (unpaired) electrons. The summed E-state index contributed by atoms with van der Waals surface area (Å²) in [5.41, 5.74) is 8.90. The summed E-state index contributed by atoms with van der Waals surface area (Å²) in [6.07, 6.45) is 6.12. The molecule has 1 fully saturated rings. The second-order valence-corrected chi connectivity index (χ2v) is 5.96. The van der Waals surface area contributed by atoms with Crippen molar-refractivity contribution < 1.29 is 0 Å². The molecule has 3 rings (SSSR count). The highest BCUT2D eigenvalue weighted by molar-refractivity contribution is 9.10. The van der Waals surface area contributed by atoms with Gasteiger partial charge in [-0.2, -0.15) is 0 Å². The van der Waals surface area contributed by atoms with Crippen LogP contribution in [-0.4, -0.2) is 29.6 Å². The number of anilines is 1. The minimum atomic E-state index is 0.590. The summed E-state index contributed by atoms with van der Waals surface area (Å²) in [4.78, 5) is 11.3.